The Balaban J connectivity index is 2.54. The number of hydrogen-bond donors (Lipinski definition) is 1. The molecule has 0 fully saturated rings. The summed E-state index contributed by atoms with van der Waals surface area (Å²) >= 11 is 0. The summed E-state index contributed by atoms with van der Waals surface area (Å²) < 4.78 is 0. The molecule has 0 saturated heterocycles. The molecule has 0 saturated carbocycles. The van der Waals surface area contributed by atoms with E-state index < -0.39 is 0 Å². The second-order valence-electron chi connectivity index (χ2n) is 4.59. The lowest BCUT2D eigenvalue weighted by Crippen LogP contribution is -2.20. The molecule has 16 heavy (non-hydrogen) atoms. The monoisotopic (exact) mass is 219 g/mol. The summed E-state index contributed by atoms with van der Waals surface area (Å²) in [5.74, 6) is 0.780. The van der Waals surface area contributed by atoms with Gasteiger partial charge in [-0.1, -0.05) is 44.5 Å². The average molecular weight is 219 g/mol. The summed E-state index contributed by atoms with van der Waals surface area (Å²) in [4.78, 5) is 0. The third-order valence-corrected chi connectivity index (χ3v) is 3.15. The van der Waals surface area contributed by atoms with E-state index >= 15 is 0 Å². The summed E-state index contributed by atoms with van der Waals surface area (Å²) in [5, 5.41) is 3.30. The van der Waals surface area contributed by atoms with Crippen LogP contribution in [0.5, 0.6) is 0 Å². The largest absolute Gasteiger partial charge is 0.319 e. The van der Waals surface area contributed by atoms with Gasteiger partial charge in [-0.3, -0.25) is 0 Å². The molecule has 0 bridgehead atoms. The second-order valence-corrected chi connectivity index (χ2v) is 4.59. The van der Waals surface area contributed by atoms with E-state index in [9.17, 15) is 0 Å². The molecule has 1 aromatic rings. The fraction of sp³-hybridized carbons (Fsp3) is 0.600. The summed E-state index contributed by atoms with van der Waals surface area (Å²) in [7, 11) is 2.04. The van der Waals surface area contributed by atoms with Crippen molar-refractivity contribution in [3.8, 4) is 0 Å². The molecule has 0 aliphatic carbocycles. The molecule has 1 heteroatoms. The van der Waals surface area contributed by atoms with Crippen LogP contribution in [0, 0.1) is 5.92 Å². The van der Waals surface area contributed by atoms with Crippen LogP contribution in [0.3, 0.4) is 0 Å². The van der Waals surface area contributed by atoms with Crippen LogP contribution in [-0.2, 0) is 12.8 Å². The van der Waals surface area contributed by atoms with Gasteiger partial charge in [0.15, 0.2) is 0 Å². The molecule has 0 aromatic heterocycles. The lowest BCUT2D eigenvalue weighted by atomic mass is 9.94. The lowest BCUT2D eigenvalue weighted by Gasteiger charge is -2.15. The average Bonchev–Trinajstić information content (AvgIpc) is 2.31. The highest BCUT2D eigenvalue weighted by Crippen LogP contribution is 2.14. The van der Waals surface area contributed by atoms with E-state index in [1.165, 1.54) is 30.4 Å². The number of hydrogen-bond acceptors (Lipinski definition) is 1. The van der Waals surface area contributed by atoms with Crippen molar-refractivity contribution < 1.29 is 0 Å². The Labute approximate surface area is 100 Å². The summed E-state index contributed by atoms with van der Waals surface area (Å²) in [5.41, 5.74) is 2.91. The topological polar surface area (TPSA) is 12.0 Å². The number of nitrogens with one attached hydrogen (secondary N) is 1. The summed E-state index contributed by atoms with van der Waals surface area (Å²) in [6.07, 6.45) is 4.93. The third kappa shape index (κ3) is 4.36. The zero-order chi connectivity index (χ0) is 11.8. The second kappa shape index (κ2) is 7.45. The van der Waals surface area contributed by atoms with Gasteiger partial charge in [-0.25, -0.2) is 0 Å². The van der Waals surface area contributed by atoms with Crippen LogP contribution < -0.4 is 5.32 Å². The highest BCUT2D eigenvalue weighted by atomic mass is 14.8. The van der Waals surface area contributed by atoms with Crippen LogP contribution in [0.4, 0.5) is 0 Å². The molecule has 1 nitrogen and oxygen atoms in total. The van der Waals surface area contributed by atoms with Crippen molar-refractivity contribution in [2.45, 2.75) is 39.5 Å². The molecule has 1 aromatic carbocycles. The van der Waals surface area contributed by atoms with Crippen LogP contribution in [0.2, 0.25) is 0 Å². The molecule has 1 atom stereocenters. The van der Waals surface area contributed by atoms with Crippen LogP contribution in [0.1, 0.15) is 37.8 Å². The highest BCUT2D eigenvalue weighted by Gasteiger charge is 2.07. The Morgan fingerprint density at radius 2 is 1.69 bits per heavy atom. The molecule has 0 amide bonds. The minimum atomic E-state index is 0.780. The van der Waals surface area contributed by atoms with Gasteiger partial charge in [0.2, 0.25) is 0 Å². The molecule has 1 N–H and O–H groups in total. The number of benzene rings is 1. The van der Waals surface area contributed by atoms with Gasteiger partial charge in [0.1, 0.15) is 0 Å². The van der Waals surface area contributed by atoms with Gasteiger partial charge in [-0.15, -0.1) is 0 Å². The van der Waals surface area contributed by atoms with Crippen LogP contribution in [0.15, 0.2) is 24.3 Å². The Bertz CT molecular complexity index is 270. The normalized spacial score (nSPS) is 12.7. The highest BCUT2D eigenvalue weighted by molar-refractivity contribution is 5.22. The molecule has 0 radical (unpaired) electrons. The van der Waals surface area contributed by atoms with Gasteiger partial charge in [0.25, 0.3) is 0 Å². The molecule has 1 unspecified atom stereocenters. The molecule has 0 heterocycles. The maximum atomic E-state index is 3.30. The van der Waals surface area contributed by atoms with Gasteiger partial charge in [-0.05, 0) is 49.9 Å². The predicted octanol–water partition coefficient (Wildman–Crippen LogP) is 3.43. The van der Waals surface area contributed by atoms with E-state index in [0.29, 0.717) is 0 Å². The fourth-order valence-corrected chi connectivity index (χ4v) is 2.22. The SMILES string of the molecule is CCCC(CNC)Cc1ccc(CC)cc1. The van der Waals surface area contributed by atoms with E-state index in [1.807, 2.05) is 7.05 Å². The van der Waals surface area contributed by atoms with Crippen molar-refractivity contribution in [3.05, 3.63) is 35.4 Å². The minimum absolute atomic E-state index is 0.780. The minimum Gasteiger partial charge on any atom is -0.319 e. The zero-order valence-corrected chi connectivity index (χ0v) is 10.9. The van der Waals surface area contributed by atoms with Gasteiger partial charge in [-0.2, -0.15) is 0 Å². The van der Waals surface area contributed by atoms with Gasteiger partial charge in [0.05, 0.1) is 0 Å². The Morgan fingerprint density at radius 1 is 1.06 bits per heavy atom. The molecule has 0 aliphatic heterocycles. The Kier molecular flexibility index (Phi) is 6.17. The van der Waals surface area contributed by atoms with E-state index in [4.69, 9.17) is 0 Å². The summed E-state index contributed by atoms with van der Waals surface area (Å²) in [6.45, 7) is 5.60. The number of rotatable bonds is 7. The molecule has 0 aliphatic rings. The standard InChI is InChI=1S/C15H25N/c1-4-6-15(12-16-3)11-14-9-7-13(5-2)8-10-14/h7-10,15-16H,4-6,11-12H2,1-3H3. The van der Waals surface area contributed by atoms with Crippen molar-refractivity contribution >= 4 is 0 Å². The quantitative estimate of drug-likeness (QED) is 0.741. The first-order chi connectivity index (χ1) is 7.80. The third-order valence-electron chi connectivity index (χ3n) is 3.15. The van der Waals surface area contributed by atoms with Crippen LogP contribution >= 0.6 is 0 Å². The first-order valence-corrected chi connectivity index (χ1v) is 6.52. The molecular weight excluding hydrogens is 194 g/mol. The smallest absolute Gasteiger partial charge is 0.00203 e. The lowest BCUT2D eigenvalue weighted by molar-refractivity contribution is 0.456. The molecule has 0 spiro atoms. The van der Waals surface area contributed by atoms with E-state index in [-0.39, 0.29) is 0 Å². The Morgan fingerprint density at radius 3 is 2.19 bits per heavy atom. The zero-order valence-electron chi connectivity index (χ0n) is 10.9. The van der Waals surface area contributed by atoms with Crippen LogP contribution in [-0.4, -0.2) is 13.6 Å². The van der Waals surface area contributed by atoms with Crippen molar-refractivity contribution in [2.24, 2.45) is 5.92 Å². The summed E-state index contributed by atoms with van der Waals surface area (Å²) in [6, 6.07) is 9.10. The maximum Gasteiger partial charge on any atom is -0.00203 e. The maximum absolute atomic E-state index is 3.30. The first kappa shape index (κ1) is 13.2. The van der Waals surface area contributed by atoms with Crippen LogP contribution in [0.25, 0.3) is 0 Å². The van der Waals surface area contributed by atoms with E-state index in [1.54, 1.807) is 0 Å². The molecule has 1 rings (SSSR count). The fourth-order valence-electron chi connectivity index (χ4n) is 2.22. The van der Waals surface area contributed by atoms with Crippen molar-refractivity contribution in [1.82, 2.24) is 5.32 Å². The molecular formula is C15H25N. The number of aryl methyl sites for hydroxylation is 1. The van der Waals surface area contributed by atoms with E-state index in [0.717, 1.165) is 18.9 Å². The first-order valence-electron chi connectivity index (χ1n) is 6.52. The molecule has 90 valence electrons. The van der Waals surface area contributed by atoms with Gasteiger partial charge < -0.3 is 5.32 Å². The van der Waals surface area contributed by atoms with Crippen molar-refractivity contribution in [3.63, 3.8) is 0 Å². The van der Waals surface area contributed by atoms with Crippen molar-refractivity contribution in [2.75, 3.05) is 13.6 Å². The van der Waals surface area contributed by atoms with Crippen molar-refractivity contribution in [1.29, 1.82) is 0 Å². The van der Waals surface area contributed by atoms with Gasteiger partial charge in [0, 0.05) is 0 Å². The van der Waals surface area contributed by atoms with E-state index in [2.05, 4.69) is 43.4 Å². The predicted molar refractivity (Wildman–Crippen MR) is 71.8 cm³/mol. The Hall–Kier alpha value is -0.820. The van der Waals surface area contributed by atoms with Gasteiger partial charge >= 0.3 is 0 Å².